The van der Waals surface area contributed by atoms with Crippen molar-refractivity contribution in [2.45, 2.75) is 26.3 Å². The van der Waals surface area contributed by atoms with Gasteiger partial charge in [0.15, 0.2) is 0 Å². The highest BCUT2D eigenvalue weighted by Gasteiger charge is 2.20. The van der Waals surface area contributed by atoms with Crippen molar-refractivity contribution >= 4 is 17.7 Å². The monoisotopic (exact) mass is 372 g/mol. The van der Waals surface area contributed by atoms with Gasteiger partial charge in [-0.05, 0) is 31.5 Å². The summed E-state index contributed by atoms with van der Waals surface area (Å²) in [5.41, 5.74) is 1.67. The van der Waals surface area contributed by atoms with Crippen LogP contribution in [0.4, 0.5) is 10.5 Å². The van der Waals surface area contributed by atoms with Gasteiger partial charge < -0.3 is 14.8 Å². The van der Waals surface area contributed by atoms with E-state index in [-0.39, 0.29) is 24.5 Å². The number of nitro benzene ring substituents is 1. The third-order valence-electron chi connectivity index (χ3n) is 3.71. The minimum absolute atomic E-state index is 0.0493. The Bertz CT molecular complexity index is 802. The van der Waals surface area contributed by atoms with Crippen LogP contribution in [0.25, 0.3) is 0 Å². The summed E-state index contributed by atoms with van der Waals surface area (Å²) >= 11 is 0. The molecule has 2 rings (SSSR count). The Balaban J connectivity index is 2.08. The van der Waals surface area contributed by atoms with Crippen molar-refractivity contribution in [3.05, 3.63) is 69.8 Å². The van der Waals surface area contributed by atoms with Crippen LogP contribution < -0.4 is 10.1 Å². The Kier molecular flexibility index (Phi) is 6.87. The number of nitrogens with zero attached hydrogens (tertiary/aromatic N) is 1. The molecule has 0 bridgehead atoms. The molecular weight excluding hydrogens is 352 g/mol. The van der Waals surface area contributed by atoms with E-state index in [1.54, 1.807) is 6.92 Å². The van der Waals surface area contributed by atoms with Crippen LogP contribution in [0.5, 0.6) is 5.75 Å². The number of esters is 1. The van der Waals surface area contributed by atoms with Crippen molar-refractivity contribution in [1.82, 2.24) is 5.32 Å². The molecule has 27 heavy (non-hydrogen) atoms. The van der Waals surface area contributed by atoms with Crippen molar-refractivity contribution in [3.8, 4) is 5.75 Å². The zero-order valence-electron chi connectivity index (χ0n) is 15.0. The molecule has 1 unspecified atom stereocenters. The summed E-state index contributed by atoms with van der Waals surface area (Å²) in [6.07, 6.45) is -0.828. The number of rotatable bonds is 7. The molecule has 1 N–H and O–H groups in total. The Labute approximate surface area is 156 Å². The number of nitro groups is 1. The number of hydrogen-bond acceptors (Lipinski definition) is 6. The number of hydrogen-bond donors (Lipinski definition) is 1. The van der Waals surface area contributed by atoms with Crippen molar-refractivity contribution in [2.24, 2.45) is 0 Å². The molecule has 2 aromatic carbocycles. The van der Waals surface area contributed by atoms with Crippen LogP contribution in [0.2, 0.25) is 0 Å². The van der Waals surface area contributed by atoms with Gasteiger partial charge in [-0.15, -0.1) is 0 Å². The predicted octanol–water partition coefficient (Wildman–Crippen LogP) is 3.69. The SMILES string of the molecule is CCOC(=O)CC(NC(=O)Oc1ccc([N+](=O)[O-])cc1)c1ccc(C)cc1. The van der Waals surface area contributed by atoms with Crippen LogP contribution in [0.15, 0.2) is 48.5 Å². The number of aryl methyl sites for hydroxylation is 1. The van der Waals surface area contributed by atoms with E-state index in [9.17, 15) is 19.7 Å². The number of benzene rings is 2. The quantitative estimate of drug-likeness (QED) is 0.451. The van der Waals surface area contributed by atoms with Crippen LogP contribution >= 0.6 is 0 Å². The molecule has 2 aromatic rings. The normalized spacial score (nSPS) is 11.3. The van der Waals surface area contributed by atoms with Crippen molar-refractivity contribution in [3.63, 3.8) is 0 Å². The lowest BCUT2D eigenvalue weighted by Crippen LogP contribution is -2.32. The van der Waals surface area contributed by atoms with Crippen molar-refractivity contribution in [1.29, 1.82) is 0 Å². The molecule has 0 spiro atoms. The van der Waals surface area contributed by atoms with E-state index < -0.39 is 23.0 Å². The maximum absolute atomic E-state index is 12.2. The molecule has 8 heteroatoms. The fraction of sp³-hybridized carbons (Fsp3) is 0.263. The van der Waals surface area contributed by atoms with E-state index in [0.717, 1.165) is 11.1 Å². The Hall–Kier alpha value is -3.42. The van der Waals surface area contributed by atoms with Gasteiger partial charge in [-0.2, -0.15) is 0 Å². The third-order valence-corrected chi connectivity index (χ3v) is 3.71. The van der Waals surface area contributed by atoms with Gasteiger partial charge in [0.1, 0.15) is 5.75 Å². The number of non-ortho nitro benzene ring substituents is 1. The van der Waals surface area contributed by atoms with Gasteiger partial charge in [-0.1, -0.05) is 29.8 Å². The lowest BCUT2D eigenvalue weighted by atomic mass is 10.0. The van der Waals surface area contributed by atoms with E-state index in [0.29, 0.717) is 0 Å². The first kappa shape index (κ1) is 19.9. The number of carbonyl (C=O) groups excluding carboxylic acids is 2. The van der Waals surface area contributed by atoms with E-state index in [4.69, 9.17) is 9.47 Å². The van der Waals surface area contributed by atoms with E-state index in [1.807, 2.05) is 31.2 Å². The van der Waals surface area contributed by atoms with Gasteiger partial charge in [0.25, 0.3) is 5.69 Å². The van der Waals surface area contributed by atoms with E-state index in [2.05, 4.69) is 5.32 Å². The first-order valence-electron chi connectivity index (χ1n) is 8.34. The largest absolute Gasteiger partial charge is 0.466 e. The molecule has 1 amide bonds. The second-order valence-electron chi connectivity index (χ2n) is 5.76. The van der Waals surface area contributed by atoms with Crippen LogP contribution in [0, 0.1) is 17.0 Å². The molecule has 1 atom stereocenters. The van der Waals surface area contributed by atoms with Crippen LogP contribution in [-0.2, 0) is 9.53 Å². The lowest BCUT2D eigenvalue weighted by molar-refractivity contribution is -0.384. The minimum atomic E-state index is -0.779. The molecular formula is C19H20N2O6. The van der Waals surface area contributed by atoms with Crippen molar-refractivity contribution < 1.29 is 24.0 Å². The Morgan fingerprint density at radius 3 is 2.30 bits per heavy atom. The van der Waals surface area contributed by atoms with Gasteiger partial charge in [0.05, 0.1) is 24.0 Å². The second-order valence-corrected chi connectivity index (χ2v) is 5.76. The summed E-state index contributed by atoms with van der Waals surface area (Å²) in [7, 11) is 0. The Morgan fingerprint density at radius 2 is 1.74 bits per heavy atom. The molecule has 0 aromatic heterocycles. The summed E-state index contributed by atoms with van der Waals surface area (Å²) < 4.78 is 10.1. The van der Waals surface area contributed by atoms with Gasteiger partial charge in [0.2, 0.25) is 0 Å². The van der Waals surface area contributed by atoms with E-state index in [1.165, 1.54) is 24.3 Å². The fourth-order valence-electron chi connectivity index (χ4n) is 2.35. The first-order valence-corrected chi connectivity index (χ1v) is 8.34. The molecule has 8 nitrogen and oxygen atoms in total. The average Bonchev–Trinajstić information content (AvgIpc) is 2.62. The highest BCUT2D eigenvalue weighted by atomic mass is 16.6. The van der Waals surface area contributed by atoms with E-state index >= 15 is 0 Å². The summed E-state index contributed by atoms with van der Waals surface area (Å²) in [4.78, 5) is 34.2. The zero-order chi connectivity index (χ0) is 19.8. The maximum atomic E-state index is 12.2. The third kappa shape index (κ3) is 6.10. The smallest absolute Gasteiger partial charge is 0.413 e. The molecule has 0 saturated heterocycles. The van der Waals surface area contributed by atoms with Gasteiger partial charge in [0, 0.05) is 12.1 Å². The van der Waals surface area contributed by atoms with Gasteiger partial charge in [-0.25, -0.2) is 4.79 Å². The molecule has 0 saturated carbocycles. The van der Waals surface area contributed by atoms with Gasteiger partial charge >= 0.3 is 12.1 Å². The van der Waals surface area contributed by atoms with Gasteiger partial charge in [-0.3, -0.25) is 14.9 Å². The molecule has 142 valence electrons. The predicted molar refractivity (Wildman–Crippen MR) is 97.4 cm³/mol. The highest BCUT2D eigenvalue weighted by molar-refractivity contribution is 5.74. The summed E-state index contributed by atoms with van der Waals surface area (Å²) in [5.74, 6) is -0.296. The fourth-order valence-corrected chi connectivity index (χ4v) is 2.35. The summed E-state index contributed by atoms with van der Waals surface area (Å²) in [5, 5.41) is 13.3. The highest BCUT2D eigenvalue weighted by Crippen LogP contribution is 2.20. The van der Waals surface area contributed by atoms with Crippen LogP contribution in [0.3, 0.4) is 0 Å². The molecule has 0 aliphatic rings. The molecule has 0 aliphatic carbocycles. The zero-order valence-corrected chi connectivity index (χ0v) is 15.0. The Morgan fingerprint density at radius 1 is 1.11 bits per heavy atom. The lowest BCUT2D eigenvalue weighted by Gasteiger charge is -2.18. The number of amides is 1. The molecule has 0 fully saturated rings. The number of ether oxygens (including phenoxy) is 2. The second kappa shape index (κ2) is 9.33. The molecule has 0 aliphatic heterocycles. The topological polar surface area (TPSA) is 108 Å². The standard InChI is InChI=1S/C19H20N2O6/c1-3-26-18(22)12-17(14-6-4-13(2)5-7-14)20-19(23)27-16-10-8-15(9-11-16)21(24)25/h4-11,17H,3,12H2,1-2H3,(H,20,23). The first-order chi connectivity index (χ1) is 12.9. The van der Waals surface area contributed by atoms with Crippen LogP contribution in [0.1, 0.15) is 30.5 Å². The number of carbonyl (C=O) groups is 2. The molecule has 0 radical (unpaired) electrons. The average molecular weight is 372 g/mol. The van der Waals surface area contributed by atoms with Crippen molar-refractivity contribution in [2.75, 3.05) is 6.61 Å². The van der Waals surface area contributed by atoms with Crippen LogP contribution in [-0.4, -0.2) is 23.6 Å². The number of nitrogens with one attached hydrogen (secondary N) is 1. The molecule has 0 heterocycles. The minimum Gasteiger partial charge on any atom is -0.466 e. The maximum Gasteiger partial charge on any atom is 0.413 e. The summed E-state index contributed by atoms with van der Waals surface area (Å²) in [6.45, 7) is 3.88. The summed E-state index contributed by atoms with van der Waals surface area (Å²) in [6, 6.07) is 11.9.